The third kappa shape index (κ3) is 2.34. The molecule has 0 bridgehead atoms. The summed E-state index contributed by atoms with van der Waals surface area (Å²) >= 11 is 0. The minimum absolute atomic E-state index is 0.105. The van der Waals surface area contributed by atoms with Crippen LogP contribution in [0, 0.1) is 0 Å². The fourth-order valence-corrected chi connectivity index (χ4v) is 4.60. The van der Waals surface area contributed by atoms with Gasteiger partial charge in [0.15, 0.2) is 0 Å². The fraction of sp³-hybridized carbons (Fsp3) is 1.00. The Morgan fingerprint density at radius 3 is 2.07 bits per heavy atom. The maximum Gasteiger partial charge on any atom is 0.216 e. The fourth-order valence-electron chi connectivity index (χ4n) is 2.53. The van der Waals surface area contributed by atoms with E-state index in [1.165, 1.54) is 0 Å². The van der Waals surface area contributed by atoms with Gasteiger partial charge in [0.1, 0.15) is 0 Å². The van der Waals surface area contributed by atoms with E-state index in [4.69, 9.17) is 5.73 Å². The molecule has 4 nitrogen and oxygen atoms in total. The first kappa shape index (κ1) is 11.4. The van der Waals surface area contributed by atoms with Crippen LogP contribution in [0.5, 0.6) is 0 Å². The third-order valence-electron chi connectivity index (χ3n) is 3.58. The minimum Gasteiger partial charge on any atom is -0.328 e. The Hall–Kier alpha value is -0.130. The molecule has 5 heteroatoms. The van der Waals surface area contributed by atoms with Crippen LogP contribution in [0.2, 0.25) is 0 Å². The molecule has 0 unspecified atom stereocenters. The molecule has 1 aliphatic heterocycles. The largest absolute Gasteiger partial charge is 0.328 e. The monoisotopic (exact) mass is 232 g/mol. The van der Waals surface area contributed by atoms with Gasteiger partial charge >= 0.3 is 0 Å². The van der Waals surface area contributed by atoms with Crippen LogP contribution in [0.25, 0.3) is 0 Å². The lowest BCUT2D eigenvalue weighted by atomic mass is 10.1. The van der Waals surface area contributed by atoms with Gasteiger partial charge in [-0.05, 0) is 25.7 Å². The summed E-state index contributed by atoms with van der Waals surface area (Å²) in [5.41, 5.74) is 5.77. The Kier molecular flexibility index (Phi) is 3.33. The summed E-state index contributed by atoms with van der Waals surface area (Å²) in [6.07, 6.45) is 5.46. The Balaban J connectivity index is 2.02. The van der Waals surface area contributed by atoms with Gasteiger partial charge in [0.25, 0.3) is 0 Å². The summed E-state index contributed by atoms with van der Waals surface area (Å²) in [6.45, 7) is 1.25. The van der Waals surface area contributed by atoms with E-state index in [0.717, 1.165) is 38.5 Å². The predicted octanol–water partition coefficient (Wildman–Crippen LogP) is 0.682. The molecule has 0 amide bonds. The normalized spacial score (nSPS) is 27.3. The second-order valence-electron chi connectivity index (χ2n) is 4.69. The number of hydrogen-bond acceptors (Lipinski definition) is 3. The molecule has 0 aromatic carbocycles. The zero-order valence-corrected chi connectivity index (χ0v) is 9.88. The molecule has 0 aromatic rings. The van der Waals surface area contributed by atoms with E-state index in [1.807, 2.05) is 0 Å². The van der Waals surface area contributed by atoms with Crippen molar-refractivity contribution in [3.8, 4) is 0 Å². The molecule has 2 aliphatic rings. The van der Waals surface area contributed by atoms with Gasteiger partial charge in [-0.25, -0.2) is 12.7 Å². The number of hydrogen-bond donors (Lipinski definition) is 1. The lowest BCUT2D eigenvalue weighted by molar-refractivity contribution is 0.316. The summed E-state index contributed by atoms with van der Waals surface area (Å²) in [6, 6.07) is 0.194. The molecule has 0 spiro atoms. The van der Waals surface area contributed by atoms with E-state index in [-0.39, 0.29) is 11.3 Å². The van der Waals surface area contributed by atoms with Crippen molar-refractivity contribution in [2.24, 2.45) is 5.73 Å². The summed E-state index contributed by atoms with van der Waals surface area (Å²) < 4.78 is 26.0. The Morgan fingerprint density at radius 2 is 1.53 bits per heavy atom. The first-order valence-electron chi connectivity index (χ1n) is 5.85. The zero-order valence-electron chi connectivity index (χ0n) is 9.06. The van der Waals surface area contributed by atoms with Crippen molar-refractivity contribution in [1.29, 1.82) is 0 Å². The highest BCUT2D eigenvalue weighted by Crippen LogP contribution is 2.28. The lowest BCUT2D eigenvalue weighted by Gasteiger charge is -2.31. The van der Waals surface area contributed by atoms with Crippen LogP contribution in [0.4, 0.5) is 0 Å². The number of rotatable bonds is 2. The van der Waals surface area contributed by atoms with Gasteiger partial charge in [-0.2, -0.15) is 0 Å². The summed E-state index contributed by atoms with van der Waals surface area (Å²) in [5, 5.41) is -0.105. The topological polar surface area (TPSA) is 63.4 Å². The summed E-state index contributed by atoms with van der Waals surface area (Å²) in [5.74, 6) is 0. The van der Waals surface area contributed by atoms with Crippen LogP contribution in [0.3, 0.4) is 0 Å². The van der Waals surface area contributed by atoms with Crippen LogP contribution >= 0.6 is 0 Å². The highest BCUT2D eigenvalue weighted by molar-refractivity contribution is 7.89. The standard InChI is InChI=1S/C10H20N2O2S/c11-9-5-7-12(8-6-9)15(13,14)10-3-1-2-4-10/h9-10H,1-8,11H2. The van der Waals surface area contributed by atoms with E-state index in [9.17, 15) is 8.42 Å². The molecule has 0 aromatic heterocycles. The molecule has 1 saturated heterocycles. The van der Waals surface area contributed by atoms with Crippen LogP contribution < -0.4 is 5.73 Å². The van der Waals surface area contributed by atoms with Crippen molar-refractivity contribution in [3.63, 3.8) is 0 Å². The average Bonchev–Trinajstić information content (AvgIpc) is 2.71. The summed E-state index contributed by atoms with van der Waals surface area (Å²) in [4.78, 5) is 0. The van der Waals surface area contributed by atoms with Crippen LogP contribution in [-0.4, -0.2) is 37.1 Å². The molecule has 88 valence electrons. The van der Waals surface area contributed by atoms with Crippen LogP contribution in [0.15, 0.2) is 0 Å². The van der Waals surface area contributed by atoms with E-state index in [1.54, 1.807) is 4.31 Å². The smallest absolute Gasteiger partial charge is 0.216 e. The quantitative estimate of drug-likeness (QED) is 0.761. The van der Waals surface area contributed by atoms with Gasteiger partial charge < -0.3 is 5.73 Å². The van der Waals surface area contributed by atoms with E-state index >= 15 is 0 Å². The predicted molar refractivity (Wildman–Crippen MR) is 60.0 cm³/mol. The van der Waals surface area contributed by atoms with Gasteiger partial charge in [-0.3, -0.25) is 0 Å². The molecule has 15 heavy (non-hydrogen) atoms. The number of nitrogens with zero attached hydrogens (tertiary/aromatic N) is 1. The zero-order chi connectivity index (χ0) is 10.9. The van der Waals surface area contributed by atoms with Crippen LogP contribution in [0.1, 0.15) is 38.5 Å². The second kappa shape index (κ2) is 4.39. The Labute approximate surface area is 91.9 Å². The van der Waals surface area contributed by atoms with Gasteiger partial charge in [-0.15, -0.1) is 0 Å². The molecule has 1 saturated carbocycles. The number of nitrogens with two attached hydrogens (primary N) is 1. The molecule has 2 fully saturated rings. The molecule has 1 aliphatic carbocycles. The molecule has 2 N–H and O–H groups in total. The lowest BCUT2D eigenvalue weighted by Crippen LogP contribution is -2.45. The van der Waals surface area contributed by atoms with Gasteiger partial charge in [0, 0.05) is 19.1 Å². The molecule has 1 heterocycles. The Bertz CT molecular complexity index is 301. The maximum absolute atomic E-state index is 12.2. The van der Waals surface area contributed by atoms with E-state index in [0.29, 0.717) is 13.1 Å². The molecule has 0 atom stereocenters. The van der Waals surface area contributed by atoms with E-state index < -0.39 is 10.0 Å². The van der Waals surface area contributed by atoms with Crippen molar-refractivity contribution in [3.05, 3.63) is 0 Å². The van der Waals surface area contributed by atoms with Crippen molar-refractivity contribution < 1.29 is 8.42 Å². The van der Waals surface area contributed by atoms with Gasteiger partial charge in [0.05, 0.1) is 5.25 Å². The third-order valence-corrected chi connectivity index (χ3v) is 5.98. The number of piperidine rings is 1. The first-order valence-corrected chi connectivity index (χ1v) is 7.35. The number of sulfonamides is 1. The highest BCUT2D eigenvalue weighted by atomic mass is 32.2. The second-order valence-corrected chi connectivity index (χ2v) is 6.90. The van der Waals surface area contributed by atoms with Crippen molar-refractivity contribution >= 4 is 10.0 Å². The summed E-state index contributed by atoms with van der Waals surface area (Å²) in [7, 11) is -3.01. The molecule has 2 rings (SSSR count). The average molecular weight is 232 g/mol. The van der Waals surface area contributed by atoms with Crippen molar-refractivity contribution in [2.75, 3.05) is 13.1 Å². The molecule has 0 radical (unpaired) electrons. The van der Waals surface area contributed by atoms with Crippen LogP contribution in [-0.2, 0) is 10.0 Å². The Morgan fingerprint density at radius 1 is 1.00 bits per heavy atom. The van der Waals surface area contributed by atoms with Gasteiger partial charge in [0.2, 0.25) is 10.0 Å². The minimum atomic E-state index is -3.01. The highest BCUT2D eigenvalue weighted by Gasteiger charge is 2.35. The van der Waals surface area contributed by atoms with Gasteiger partial charge in [-0.1, -0.05) is 12.8 Å². The SMILES string of the molecule is NC1CCN(S(=O)(=O)C2CCCC2)CC1. The molecular formula is C10H20N2O2S. The first-order chi connectivity index (χ1) is 7.10. The molecular weight excluding hydrogens is 212 g/mol. The maximum atomic E-state index is 12.2. The van der Waals surface area contributed by atoms with Crippen molar-refractivity contribution in [1.82, 2.24) is 4.31 Å². The van der Waals surface area contributed by atoms with E-state index in [2.05, 4.69) is 0 Å². The van der Waals surface area contributed by atoms with Crippen molar-refractivity contribution in [2.45, 2.75) is 49.8 Å².